The summed E-state index contributed by atoms with van der Waals surface area (Å²) in [6.45, 7) is 1.63. The Morgan fingerprint density at radius 2 is 2.00 bits per heavy atom. The summed E-state index contributed by atoms with van der Waals surface area (Å²) in [5.74, 6) is 0.738. The number of aromatic nitrogens is 4. The Balaban J connectivity index is 2.20. The minimum atomic E-state index is -1.34. The SMILES string of the molecule is COCC(O)C(O)C(O)Cn1cnc2c(N)nc(C)nc21. The number of nitrogens with two attached hydrogens (primary N) is 1. The molecule has 0 bridgehead atoms. The normalized spacial score (nSPS) is 16.0. The second-order valence-electron chi connectivity index (χ2n) is 4.81. The molecule has 0 aromatic carbocycles. The van der Waals surface area contributed by atoms with E-state index >= 15 is 0 Å². The maximum atomic E-state index is 10.00. The van der Waals surface area contributed by atoms with E-state index in [0.29, 0.717) is 17.0 Å². The first-order valence-electron chi connectivity index (χ1n) is 6.42. The molecule has 2 aromatic heterocycles. The zero-order valence-electron chi connectivity index (χ0n) is 11.8. The number of aliphatic hydroxyl groups excluding tert-OH is 3. The van der Waals surface area contributed by atoms with Gasteiger partial charge in [0, 0.05) is 7.11 Å². The van der Waals surface area contributed by atoms with Crippen LogP contribution in [0, 0.1) is 6.92 Å². The third kappa shape index (κ3) is 3.27. The zero-order chi connectivity index (χ0) is 15.6. The predicted octanol–water partition coefficient (Wildman–Crippen LogP) is -1.55. The van der Waals surface area contributed by atoms with Crippen molar-refractivity contribution in [3.05, 3.63) is 12.2 Å². The lowest BCUT2D eigenvalue weighted by molar-refractivity contribution is -0.0858. The second kappa shape index (κ2) is 6.31. The average Bonchev–Trinajstić information content (AvgIpc) is 2.81. The predicted molar refractivity (Wildman–Crippen MR) is 74.4 cm³/mol. The molecule has 2 rings (SSSR count). The van der Waals surface area contributed by atoms with E-state index in [-0.39, 0.29) is 19.0 Å². The highest BCUT2D eigenvalue weighted by Crippen LogP contribution is 2.17. The highest BCUT2D eigenvalue weighted by molar-refractivity contribution is 5.81. The average molecular weight is 297 g/mol. The summed E-state index contributed by atoms with van der Waals surface area (Å²) in [7, 11) is 1.40. The number of anilines is 1. The van der Waals surface area contributed by atoms with E-state index in [1.807, 2.05) is 0 Å². The molecule has 21 heavy (non-hydrogen) atoms. The van der Waals surface area contributed by atoms with Crippen molar-refractivity contribution in [2.75, 3.05) is 19.5 Å². The van der Waals surface area contributed by atoms with Crippen molar-refractivity contribution in [1.82, 2.24) is 19.5 Å². The van der Waals surface area contributed by atoms with Gasteiger partial charge < -0.3 is 30.4 Å². The first kappa shape index (κ1) is 15.6. The third-order valence-electron chi connectivity index (χ3n) is 3.11. The number of hydrogen-bond donors (Lipinski definition) is 4. The molecule has 0 amide bonds. The minimum Gasteiger partial charge on any atom is -0.388 e. The third-order valence-corrected chi connectivity index (χ3v) is 3.11. The molecule has 0 saturated carbocycles. The number of methoxy groups -OCH3 is 1. The van der Waals surface area contributed by atoms with Crippen molar-refractivity contribution in [2.45, 2.75) is 31.8 Å². The molecule has 9 nitrogen and oxygen atoms in total. The highest BCUT2D eigenvalue weighted by atomic mass is 16.5. The van der Waals surface area contributed by atoms with Crippen LogP contribution < -0.4 is 5.73 Å². The highest BCUT2D eigenvalue weighted by Gasteiger charge is 2.25. The molecule has 3 atom stereocenters. The minimum absolute atomic E-state index is 0.00827. The van der Waals surface area contributed by atoms with Gasteiger partial charge in [0.15, 0.2) is 11.5 Å². The number of nitrogen functional groups attached to an aromatic ring is 1. The van der Waals surface area contributed by atoms with Crippen LogP contribution in [0.5, 0.6) is 0 Å². The van der Waals surface area contributed by atoms with Gasteiger partial charge in [0.05, 0.1) is 19.5 Å². The van der Waals surface area contributed by atoms with E-state index in [1.54, 1.807) is 11.5 Å². The van der Waals surface area contributed by atoms with Crippen LogP contribution in [0.1, 0.15) is 5.82 Å². The van der Waals surface area contributed by atoms with E-state index in [1.165, 1.54) is 13.4 Å². The lowest BCUT2D eigenvalue weighted by atomic mass is 10.1. The Morgan fingerprint density at radius 1 is 1.29 bits per heavy atom. The van der Waals surface area contributed by atoms with Gasteiger partial charge in [-0.15, -0.1) is 0 Å². The van der Waals surface area contributed by atoms with Crippen molar-refractivity contribution in [3.8, 4) is 0 Å². The fraction of sp³-hybridized carbons (Fsp3) is 0.583. The van der Waals surface area contributed by atoms with Crippen molar-refractivity contribution < 1.29 is 20.1 Å². The number of imidazole rings is 1. The molecule has 0 radical (unpaired) electrons. The van der Waals surface area contributed by atoms with Crippen LogP contribution in [0.25, 0.3) is 11.2 Å². The molecule has 2 aromatic rings. The van der Waals surface area contributed by atoms with E-state index in [2.05, 4.69) is 15.0 Å². The fourth-order valence-corrected chi connectivity index (χ4v) is 2.05. The van der Waals surface area contributed by atoms with Crippen LogP contribution in [0.4, 0.5) is 5.82 Å². The van der Waals surface area contributed by atoms with Crippen molar-refractivity contribution >= 4 is 17.0 Å². The fourth-order valence-electron chi connectivity index (χ4n) is 2.05. The molecule has 0 fully saturated rings. The van der Waals surface area contributed by atoms with Gasteiger partial charge in [-0.3, -0.25) is 0 Å². The van der Waals surface area contributed by atoms with E-state index in [4.69, 9.17) is 10.5 Å². The van der Waals surface area contributed by atoms with Crippen LogP contribution in [0.3, 0.4) is 0 Å². The standard InChI is InChI=1S/C12H19N5O4/c1-6-15-11(13)9-12(16-6)17(5-14-9)3-7(18)10(20)8(19)4-21-2/h5,7-8,10,18-20H,3-4H2,1-2H3,(H2,13,15,16). The van der Waals surface area contributed by atoms with Crippen LogP contribution in [0.2, 0.25) is 0 Å². The van der Waals surface area contributed by atoms with Crippen molar-refractivity contribution in [3.63, 3.8) is 0 Å². The Hall–Kier alpha value is -1.81. The van der Waals surface area contributed by atoms with Crippen LogP contribution >= 0.6 is 0 Å². The number of aryl methyl sites for hydroxylation is 1. The molecular formula is C12H19N5O4. The quantitative estimate of drug-likeness (QED) is 0.502. The number of hydrogen-bond acceptors (Lipinski definition) is 8. The lowest BCUT2D eigenvalue weighted by Crippen LogP contribution is -2.41. The van der Waals surface area contributed by atoms with Crippen molar-refractivity contribution in [1.29, 1.82) is 0 Å². The van der Waals surface area contributed by atoms with Gasteiger partial charge in [0.1, 0.15) is 29.7 Å². The first-order chi connectivity index (χ1) is 9.93. The molecule has 9 heteroatoms. The monoisotopic (exact) mass is 297 g/mol. The van der Waals surface area contributed by atoms with E-state index in [9.17, 15) is 15.3 Å². The molecule has 0 aliphatic carbocycles. The van der Waals surface area contributed by atoms with Gasteiger partial charge in [-0.2, -0.15) is 0 Å². The second-order valence-corrected chi connectivity index (χ2v) is 4.81. The van der Waals surface area contributed by atoms with Gasteiger partial charge in [0.25, 0.3) is 0 Å². The van der Waals surface area contributed by atoms with Gasteiger partial charge in [0.2, 0.25) is 0 Å². The largest absolute Gasteiger partial charge is 0.388 e. The van der Waals surface area contributed by atoms with Gasteiger partial charge in [-0.25, -0.2) is 15.0 Å². The summed E-state index contributed by atoms with van der Waals surface area (Å²) in [6.07, 6.45) is -2.28. The maximum absolute atomic E-state index is 10.00. The molecule has 0 saturated heterocycles. The molecule has 0 aliphatic heterocycles. The molecule has 2 heterocycles. The van der Waals surface area contributed by atoms with Crippen molar-refractivity contribution in [2.24, 2.45) is 0 Å². The Kier molecular flexibility index (Phi) is 4.68. The van der Waals surface area contributed by atoms with Crippen LogP contribution in [-0.2, 0) is 11.3 Å². The molecule has 116 valence electrons. The molecular weight excluding hydrogens is 278 g/mol. The smallest absolute Gasteiger partial charge is 0.165 e. The summed E-state index contributed by atoms with van der Waals surface area (Å²) in [5, 5.41) is 29.4. The Morgan fingerprint density at radius 3 is 2.67 bits per heavy atom. The Labute approximate surface area is 121 Å². The Bertz CT molecular complexity index is 617. The number of aliphatic hydroxyl groups is 3. The summed E-state index contributed by atoms with van der Waals surface area (Å²) in [6, 6.07) is 0. The summed E-state index contributed by atoms with van der Waals surface area (Å²) < 4.78 is 6.28. The molecule has 0 aliphatic rings. The van der Waals surface area contributed by atoms with Gasteiger partial charge in [-0.1, -0.05) is 0 Å². The number of nitrogens with zero attached hydrogens (tertiary/aromatic N) is 4. The van der Waals surface area contributed by atoms with E-state index < -0.39 is 18.3 Å². The summed E-state index contributed by atoms with van der Waals surface area (Å²) in [5.41, 5.74) is 6.65. The number of rotatable bonds is 6. The lowest BCUT2D eigenvalue weighted by Gasteiger charge is -2.22. The van der Waals surface area contributed by atoms with Crippen LogP contribution in [0.15, 0.2) is 6.33 Å². The molecule has 5 N–H and O–H groups in total. The first-order valence-corrected chi connectivity index (χ1v) is 6.42. The maximum Gasteiger partial charge on any atom is 0.165 e. The van der Waals surface area contributed by atoms with Gasteiger partial charge >= 0.3 is 0 Å². The van der Waals surface area contributed by atoms with Crippen LogP contribution in [-0.4, -0.2) is 66.9 Å². The summed E-state index contributed by atoms with van der Waals surface area (Å²) >= 11 is 0. The van der Waals surface area contributed by atoms with E-state index in [0.717, 1.165) is 0 Å². The van der Waals surface area contributed by atoms with Gasteiger partial charge in [-0.05, 0) is 6.92 Å². The zero-order valence-corrected chi connectivity index (χ0v) is 11.8. The molecule has 0 spiro atoms. The molecule has 3 unspecified atom stereocenters. The topological polar surface area (TPSA) is 140 Å². The number of fused-ring (bicyclic) bond motifs is 1. The summed E-state index contributed by atoms with van der Waals surface area (Å²) in [4.78, 5) is 12.3. The number of ether oxygens (including phenoxy) is 1.